The summed E-state index contributed by atoms with van der Waals surface area (Å²) in [7, 11) is 0. The zero-order valence-electron chi connectivity index (χ0n) is 33.2. The molecule has 0 amide bonds. The topological polar surface area (TPSA) is 51.8 Å². The van der Waals surface area contributed by atoms with Gasteiger partial charge in [0.15, 0.2) is 17.5 Å². The molecule has 286 valence electrons. The Morgan fingerprint density at radius 1 is 0.361 bits per heavy atom. The normalized spacial score (nSPS) is 12.6. The number of hydrogen-bond donors (Lipinski definition) is 0. The zero-order chi connectivity index (χ0) is 40.3. The molecule has 0 radical (unpaired) electrons. The summed E-state index contributed by atoms with van der Waals surface area (Å²) in [4.78, 5) is 15.2. The fourth-order valence-corrected chi connectivity index (χ4v) is 9.00. The van der Waals surface area contributed by atoms with Crippen LogP contribution in [-0.2, 0) is 6.42 Å². The van der Waals surface area contributed by atoms with Crippen molar-refractivity contribution < 1.29 is 4.42 Å². The Morgan fingerprint density at radius 3 is 1.67 bits per heavy atom. The lowest BCUT2D eigenvalue weighted by molar-refractivity contribution is 0.669. The molecule has 0 aliphatic heterocycles. The number of nitrogens with zero attached hydrogens (tertiary/aromatic N) is 3. The number of furan rings is 1. The largest absolute Gasteiger partial charge is 0.456 e. The predicted molar refractivity (Wildman–Crippen MR) is 252 cm³/mol. The van der Waals surface area contributed by atoms with Gasteiger partial charge in [0.1, 0.15) is 11.2 Å². The van der Waals surface area contributed by atoms with Crippen molar-refractivity contribution in [3.05, 3.63) is 211 Å². The number of aromatic nitrogens is 3. The molecule has 4 heteroatoms. The van der Waals surface area contributed by atoms with Crippen LogP contribution in [0.4, 0.5) is 0 Å². The van der Waals surface area contributed by atoms with E-state index in [0.717, 1.165) is 68.4 Å². The lowest BCUT2D eigenvalue weighted by atomic mass is 9.88. The number of allylic oxidation sites excluding steroid dienone is 1. The highest BCUT2D eigenvalue weighted by Gasteiger charge is 2.20. The number of rotatable bonds is 6. The summed E-state index contributed by atoms with van der Waals surface area (Å²) in [5, 5.41) is 7.21. The van der Waals surface area contributed by atoms with Gasteiger partial charge in [0.25, 0.3) is 0 Å². The average molecular weight is 780 g/mol. The van der Waals surface area contributed by atoms with Gasteiger partial charge in [-0.1, -0.05) is 164 Å². The fraction of sp³-hybridized carbons (Fsp3) is 0.0351. The third kappa shape index (κ3) is 6.37. The molecule has 2 heterocycles. The summed E-state index contributed by atoms with van der Waals surface area (Å²) < 4.78 is 6.53. The van der Waals surface area contributed by atoms with Crippen LogP contribution in [0.1, 0.15) is 23.4 Å². The Balaban J connectivity index is 0.880. The van der Waals surface area contributed by atoms with Crippen LogP contribution in [-0.4, -0.2) is 15.0 Å². The van der Waals surface area contributed by atoms with Crippen molar-refractivity contribution in [1.82, 2.24) is 15.0 Å². The minimum atomic E-state index is 0.667. The van der Waals surface area contributed by atoms with Crippen molar-refractivity contribution in [3.8, 4) is 56.2 Å². The maximum Gasteiger partial charge on any atom is 0.164 e. The number of benzene rings is 9. The second-order valence-corrected chi connectivity index (χ2v) is 15.9. The van der Waals surface area contributed by atoms with E-state index in [1.54, 1.807) is 0 Å². The van der Waals surface area contributed by atoms with Crippen LogP contribution in [0, 0.1) is 0 Å². The molecule has 11 aromatic rings. The molecule has 0 bridgehead atoms. The summed E-state index contributed by atoms with van der Waals surface area (Å²) in [6, 6.07) is 68.8. The average Bonchev–Trinajstić information content (AvgIpc) is 3.72. The molecule has 0 saturated heterocycles. The summed E-state index contributed by atoms with van der Waals surface area (Å²) in [5.41, 5.74) is 14.3. The van der Waals surface area contributed by atoms with Crippen molar-refractivity contribution in [1.29, 1.82) is 0 Å². The first-order valence-electron chi connectivity index (χ1n) is 20.9. The maximum absolute atomic E-state index is 6.53. The fourth-order valence-electron chi connectivity index (χ4n) is 9.00. The molecule has 12 rings (SSSR count). The minimum Gasteiger partial charge on any atom is -0.456 e. The number of fused-ring (bicyclic) bond motifs is 6. The van der Waals surface area contributed by atoms with Crippen molar-refractivity contribution >= 4 is 55.1 Å². The highest BCUT2D eigenvalue weighted by Crippen LogP contribution is 2.40. The minimum absolute atomic E-state index is 0.667. The van der Waals surface area contributed by atoms with Gasteiger partial charge in [-0.25, -0.2) is 15.0 Å². The van der Waals surface area contributed by atoms with Gasteiger partial charge in [0.05, 0.1) is 0 Å². The molecule has 0 fully saturated rings. The molecule has 61 heavy (non-hydrogen) atoms. The second-order valence-electron chi connectivity index (χ2n) is 15.9. The van der Waals surface area contributed by atoms with Crippen molar-refractivity contribution in [3.63, 3.8) is 0 Å². The van der Waals surface area contributed by atoms with Crippen molar-refractivity contribution in [2.45, 2.75) is 12.8 Å². The van der Waals surface area contributed by atoms with E-state index in [0.29, 0.717) is 11.6 Å². The van der Waals surface area contributed by atoms with Gasteiger partial charge < -0.3 is 4.42 Å². The van der Waals surface area contributed by atoms with Crippen LogP contribution in [0.2, 0.25) is 0 Å². The molecule has 4 nitrogen and oxygen atoms in total. The Morgan fingerprint density at radius 2 is 0.934 bits per heavy atom. The van der Waals surface area contributed by atoms with Crippen LogP contribution in [0.3, 0.4) is 0 Å². The molecular weight excluding hydrogens is 743 g/mol. The van der Waals surface area contributed by atoms with Crippen LogP contribution in [0.5, 0.6) is 0 Å². The molecule has 0 saturated carbocycles. The lowest BCUT2D eigenvalue weighted by Crippen LogP contribution is -2.06. The van der Waals surface area contributed by atoms with Gasteiger partial charge in [-0.2, -0.15) is 0 Å². The van der Waals surface area contributed by atoms with E-state index >= 15 is 0 Å². The molecule has 9 aromatic carbocycles. The van der Waals surface area contributed by atoms with Gasteiger partial charge in [-0.3, -0.25) is 0 Å². The summed E-state index contributed by atoms with van der Waals surface area (Å²) >= 11 is 0. The Bertz CT molecular complexity index is 3530. The molecule has 0 atom stereocenters. The van der Waals surface area contributed by atoms with Crippen LogP contribution < -0.4 is 0 Å². The molecule has 0 unspecified atom stereocenters. The van der Waals surface area contributed by atoms with E-state index < -0.39 is 0 Å². The van der Waals surface area contributed by atoms with Crippen LogP contribution >= 0.6 is 0 Å². The summed E-state index contributed by atoms with van der Waals surface area (Å²) in [6.07, 6.45) is 3.97. The second kappa shape index (κ2) is 14.4. The van der Waals surface area contributed by atoms with E-state index in [-0.39, 0.29) is 0 Å². The molecule has 1 aliphatic carbocycles. The van der Waals surface area contributed by atoms with E-state index in [1.165, 1.54) is 54.9 Å². The highest BCUT2D eigenvalue weighted by atomic mass is 16.3. The Kier molecular flexibility index (Phi) is 8.27. The summed E-state index contributed by atoms with van der Waals surface area (Å²) in [6.45, 7) is 0. The van der Waals surface area contributed by atoms with Crippen molar-refractivity contribution in [2.24, 2.45) is 0 Å². The first-order chi connectivity index (χ1) is 30.2. The molecule has 2 aromatic heterocycles. The van der Waals surface area contributed by atoms with E-state index in [2.05, 4.69) is 182 Å². The SMILES string of the molecule is C1=C(c2nc(-c3ccccc3)nc(-c3ccc(-c4ccc5ccccc5c4)cc3)n2)CCc2cc(-c3cccc4oc5cc(-c6ccc7ccccc7c6)ccc5c34)ccc21. The zero-order valence-corrected chi connectivity index (χ0v) is 33.2. The van der Waals surface area contributed by atoms with Crippen LogP contribution in [0.15, 0.2) is 199 Å². The third-order valence-electron chi connectivity index (χ3n) is 12.2. The molecular formula is C57H37N3O. The maximum atomic E-state index is 6.53. The first-order valence-corrected chi connectivity index (χ1v) is 20.9. The number of aryl methyl sites for hydroxylation is 1. The van der Waals surface area contributed by atoms with Gasteiger partial charge in [0.2, 0.25) is 0 Å². The third-order valence-corrected chi connectivity index (χ3v) is 12.2. The predicted octanol–water partition coefficient (Wildman–Crippen LogP) is 14.9. The Labute approximate surface area is 353 Å². The molecule has 0 spiro atoms. The quantitative estimate of drug-likeness (QED) is 0.169. The summed E-state index contributed by atoms with van der Waals surface area (Å²) in [5.74, 6) is 2.06. The lowest BCUT2D eigenvalue weighted by Gasteiger charge is -2.18. The monoisotopic (exact) mass is 779 g/mol. The number of hydrogen-bond acceptors (Lipinski definition) is 4. The van der Waals surface area contributed by atoms with Crippen molar-refractivity contribution in [2.75, 3.05) is 0 Å². The van der Waals surface area contributed by atoms with Gasteiger partial charge in [-0.15, -0.1) is 0 Å². The standard InChI is InChI=1S/C57H37N3O/c1-2-11-39(12-3-1)55-58-56(40-21-17-38(18-22-40)43-23-19-36-9-4-6-13-41(36)31-43)60-57(59-55)49-28-26-45-33-48(27-25-46(45)34-49)50-15-8-16-52-54(50)51-30-29-47(35-53(51)61-52)44-24-20-37-10-5-7-14-42(37)32-44/h1-25,27,29-35H,26,28H2. The Hall–Kier alpha value is -7.95. The van der Waals surface area contributed by atoms with E-state index in [1.807, 2.05) is 18.2 Å². The molecule has 1 aliphatic rings. The van der Waals surface area contributed by atoms with Gasteiger partial charge in [0, 0.05) is 21.9 Å². The van der Waals surface area contributed by atoms with Crippen LogP contribution in [0.25, 0.3) is 111 Å². The molecule has 0 N–H and O–H groups in total. The highest BCUT2D eigenvalue weighted by molar-refractivity contribution is 6.13. The van der Waals surface area contributed by atoms with E-state index in [9.17, 15) is 0 Å². The smallest absolute Gasteiger partial charge is 0.164 e. The van der Waals surface area contributed by atoms with Gasteiger partial charge >= 0.3 is 0 Å². The first kappa shape index (κ1) is 35.0. The van der Waals surface area contributed by atoms with E-state index in [4.69, 9.17) is 19.4 Å². The van der Waals surface area contributed by atoms with Gasteiger partial charge in [-0.05, 0) is 121 Å².